The Kier molecular flexibility index (Phi) is 5.18. The van der Waals surface area contributed by atoms with Gasteiger partial charge >= 0.3 is 0 Å². The summed E-state index contributed by atoms with van der Waals surface area (Å²) in [6.45, 7) is 1.80. The van der Waals surface area contributed by atoms with E-state index in [1.807, 2.05) is 0 Å². The number of halogens is 6. The fraction of sp³-hybridized carbons (Fsp3) is 0.0556. The van der Waals surface area contributed by atoms with E-state index in [1.54, 1.807) is 36.6 Å². The largest absolute Gasteiger partial charge is 0.455 e. The second-order valence-electron chi connectivity index (χ2n) is 5.43. The van der Waals surface area contributed by atoms with E-state index in [1.165, 1.54) is 6.07 Å². The molecule has 1 heterocycles. The number of hydrogen-bond acceptors (Lipinski definition) is 3. The molecule has 0 fully saturated rings. The van der Waals surface area contributed by atoms with Gasteiger partial charge in [0.25, 0.3) is 0 Å². The van der Waals surface area contributed by atoms with Crippen LogP contribution in [0.4, 0.5) is 27.6 Å². The van der Waals surface area contributed by atoms with Gasteiger partial charge in [0.2, 0.25) is 5.82 Å². The number of furan rings is 1. The first-order chi connectivity index (χ1) is 12.8. The van der Waals surface area contributed by atoms with Crippen molar-refractivity contribution in [3.8, 4) is 11.3 Å². The van der Waals surface area contributed by atoms with Crippen molar-refractivity contribution >= 4 is 23.5 Å². The second kappa shape index (κ2) is 7.40. The molecule has 27 heavy (non-hydrogen) atoms. The molecule has 1 aromatic heterocycles. The van der Waals surface area contributed by atoms with Crippen LogP contribution in [-0.2, 0) is 0 Å². The molecule has 1 N–H and O–H groups in total. The predicted molar refractivity (Wildman–Crippen MR) is 91.3 cm³/mol. The maximum atomic E-state index is 13.5. The van der Waals surface area contributed by atoms with Crippen LogP contribution in [0.5, 0.6) is 0 Å². The van der Waals surface area contributed by atoms with Gasteiger partial charge in [0.15, 0.2) is 23.3 Å². The van der Waals surface area contributed by atoms with Crippen LogP contribution in [-0.4, -0.2) is 6.21 Å². The van der Waals surface area contributed by atoms with Gasteiger partial charge in [-0.15, -0.1) is 0 Å². The molecule has 0 radical (unpaired) electrons. The van der Waals surface area contributed by atoms with Gasteiger partial charge < -0.3 is 4.42 Å². The minimum Gasteiger partial charge on any atom is -0.455 e. The molecule has 0 saturated heterocycles. The van der Waals surface area contributed by atoms with Crippen LogP contribution < -0.4 is 5.43 Å². The highest BCUT2D eigenvalue weighted by Crippen LogP contribution is 2.30. The van der Waals surface area contributed by atoms with E-state index in [0.717, 1.165) is 17.3 Å². The number of nitrogens with zero attached hydrogens (tertiary/aromatic N) is 1. The SMILES string of the molecule is Cc1c(Cl)cccc1-c1ccc(/C=N\Nc2c(F)c(F)c(F)c(F)c2F)o1. The number of benzene rings is 2. The first-order valence-electron chi connectivity index (χ1n) is 7.47. The van der Waals surface area contributed by atoms with Gasteiger partial charge in [-0.3, -0.25) is 5.43 Å². The van der Waals surface area contributed by atoms with Crippen LogP contribution in [0.15, 0.2) is 39.9 Å². The Labute approximate surface area is 155 Å². The van der Waals surface area contributed by atoms with E-state index in [2.05, 4.69) is 5.10 Å². The van der Waals surface area contributed by atoms with Gasteiger partial charge in [-0.05, 0) is 30.7 Å². The minimum absolute atomic E-state index is 0.181. The zero-order valence-electron chi connectivity index (χ0n) is 13.6. The highest BCUT2D eigenvalue weighted by molar-refractivity contribution is 6.31. The molecule has 3 nitrogen and oxygen atoms in total. The summed E-state index contributed by atoms with van der Waals surface area (Å²) in [6, 6.07) is 8.39. The lowest BCUT2D eigenvalue weighted by Gasteiger charge is -2.06. The fourth-order valence-corrected chi connectivity index (χ4v) is 2.48. The fourth-order valence-electron chi connectivity index (χ4n) is 2.30. The lowest BCUT2D eigenvalue weighted by Crippen LogP contribution is -2.06. The molecule has 0 aliphatic heterocycles. The Balaban J connectivity index is 1.83. The number of hydrogen-bond donors (Lipinski definition) is 1. The van der Waals surface area contributed by atoms with Crippen molar-refractivity contribution in [1.29, 1.82) is 0 Å². The van der Waals surface area contributed by atoms with Crippen molar-refractivity contribution in [2.24, 2.45) is 5.10 Å². The van der Waals surface area contributed by atoms with Crippen LogP contribution in [0.1, 0.15) is 11.3 Å². The molecule has 0 aliphatic rings. The normalized spacial score (nSPS) is 11.4. The Morgan fingerprint density at radius 1 is 0.926 bits per heavy atom. The molecule has 0 amide bonds. The van der Waals surface area contributed by atoms with E-state index >= 15 is 0 Å². The summed E-state index contributed by atoms with van der Waals surface area (Å²) in [7, 11) is 0. The number of anilines is 1. The molecule has 3 aromatic rings. The zero-order valence-corrected chi connectivity index (χ0v) is 14.3. The van der Waals surface area contributed by atoms with E-state index in [9.17, 15) is 22.0 Å². The zero-order chi connectivity index (χ0) is 19.7. The average Bonchev–Trinajstić information content (AvgIpc) is 3.12. The number of rotatable bonds is 4. The molecule has 0 atom stereocenters. The van der Waals surface area contributed by atoms with Crippen molar-refractivity contribution in [3.05, 3.63) is 75.8 Å². The summed E-state index contributed by atoms with van der Waals surface area (Å²) >= 11 is 6.05. The third-order valence-electron chi connectivity index (χ3n) is 3.74. The lowest BCUT2D eigenvalue weighted by molar-refractivity contribution is 0.381. The average molecular weight is 401 g/mol. The Hall–Kier alpha value is -2.87. The smallest absolute Gasteiger partial charge is 0.200 e. The van der Waals surface area contributed by atoms with Gasteiger partial charge in [0, 0.05) is 10.6 Å². The van der Waals surface area contributed by atoms with E-state index in [0.29, 0.717) is 10.8 Å². The topological polar surface area (TPSA) is 37.5 Å². The van der Waals surface area contributed by atoms with Gasteiger partial charge in [0.1, 0.15) is 17.2 Å². The van der Waals surface area contributed by atoms with Crippen molar-refractivity contribution < 1.29 is 26.4 Å². The number of nitrogens with one attached hydrogen (secondary N) is 1. The molecule has 0 saturated carbocycles. The van der Waals surface area contributed by atoms with Gasteiger partial charge in [-0.25, -0.2) is 22.0 Å². The second-order valence-corrected chi connectivity index (χ2v) is 5.84. The summed E-state index contributed by atoms with van der Waals surface area (Å²) in [4.78, 5) is 0. The molecule has 2 aromatic carbocycles. The van der Waals surface area contributed by atoms with Crippen LogP contribution in [0.3, 0.4) is 0 Å². The first-order valence-corrected chi connectivity index (χ1v) is 7.85. The molecule has 0 bridgehead atoms. The van der Waals surface area contributed by atoms with Crippen molar-refractivity contribution in [2.75, 3.05) is 5.43 Å². The molecular formula is C18H10ClF5N2O. The lowest BCUT2D eigenvalue weighted by atomic mass is 10.1. The van der Waals surface area contributed by atoms with Gasteiger partial charge in [0.05, 0.1) is 6.21 Å². The van der Waals surface area contributed by atoms with Crippen LogP contribution >= 0.6 is 11.6 Å². The monoisotopic (exact) mass is 400 g/mol. The summed E-state index contributed by atoms with van der Waals surface area (Å²) in [5.41, 5.74) is 2.06. The Morgan fingerprint density at radius 2 is 1.56 bits per heavy atom. The molecule has 3 rings (SSSR count). The molecule has 0 unspecified atom stereocenters. The van der Waals surface area contributed by atoms with Gasteiger partial charge in [-0.1, -0.05) is 23.7 Å². The highest BCUT2D eigenvalue weighted by Gasteiger charge is 2.25. The van der Waals surface area contributed by atoms with E-state index in [4.69, 9.17) is 16.0 Å². The predicted octanol–water partition coefficient (Wildman–Crippen LogP) is 6.05. The molecule has 140 valence electrons. The van der Waals surface area contributed by atoms with Crippen LogP contribution in [0.25, 0.3) is 11.3 Å². The van der Waals surface area contributed by atoms with Crippen LogP contribution in [0, 0.1) is 36.0 Å². The van der Waals surface area contributed by atoms with E-state index < -0.39 is 34.8 Å². The summed E-state index contributed by atoms with van der Waals surface area (Å²) < 4.78 is 71.9. The van der Waals surface area contributed by atoms with Gasteiger partial charge in [-0.2, -0.15) is 5.10 Å². The van der Waals surface area contributed by atoms with E-state index in [-0.39, 0.29) is 5.76 Å². The molecule has 0 spiro atoms. The third kappa shape index (κ3) is 3.52. The van der Waals surface area contributed by atoms with Crippen molar-refractivity contribution in [2.45, 2.75) is 6.92 Å². The maximum Gasteiger partial charge on any atom is 0.200 e. The standard InChI is InChI=1S/C18H10ClF5N2O/c1-8-10(3-2-4-11(8)19)12-6-5-9(27-12)7-25-26-18-16(23)14(21)13(20)15(22)17(18)24/h2-7,26H,1H3/b25-7-. The highest BCUT2D eigenvalue weighted by atomic mass is 35.5. The summed E-state index contributed by atoms with van der Waals surface area (Å²) in [5, 5.41) is 4.01. The Morgan fingerprint density at radius 3 is 2.22 bits per heavy atom. The maximum absolute atomic E-state index is 13.5. The molecule has 0 aliphatic carbocycles. The number of hydrazone groups is 1. The molecule has 9 heteroatoms. The first kappa shape index (κ1) is 18.9. The minimum atomic E-state index is -2.24. The van der Waals surface area contributed by atoms with Crippen molar-refractivity contribution in [3.63, 3.8) is 0 Å². The third-order valence-corrected chi connectivity index (χ3v) is 4.15. The quantitative estimate of drug-likeness (QED) is 0.190. The van der Waals surface area contributed by atoms with Crippen molar-refractivity contribution in [1.82, 2.24) is 0 Å². The Bertz CT molecular complexity index is 1020. The van der Waals surface area contributed by atoms with Crippen LogP contribution in [0.2, 0.25) is 5.02 Å². The summed E-state index contributed by atoms with van der Waals surface area (Å²) in [5.74, 6) is -9.76. The molecular weight excluding hydrogens is 391 g/mol. The summed E-state index contributed by atoms with van der Waals surface area (Å²) in [6.07, 6.45) is 1.03.